The van der Waals surface area contributed by atoms with Crippen molar-refractivity contribution in [3.8, 4) is 0 Å². The Kier molecular flexibility index (Phi) is 9.10. The molecule has 1 aromatic heterocycles. The number of aliphatic imine (C=N–C) groups is 1. The summed E-state index contributed by atoms with van der Waals surface area (Å²) in [5.41, 5.74) is 3.47. The molecule has 0 unspecified atom stereocenters. The van der Waals surface area contributed by atoms with Gasteiger partial charge in [-0.05, 0) is 30.2 Å². The number of rotatable bonds is 7. The highest BCUT2D eigenvalue weighted by molar-refractivity contribution is 8.02. The van der Waals surface area contributed by atoms with Gasteiger partial charge in [-0.3, -0.25) is 4.79 Å². The summed E-state index contributed by atoms with van der Waals surface area (Å²) >= 11 is 3.31. The first-order valence-corrected chi connectivity index (χ1v) is 11.1. The van der Waals surface area contributed by atoms with Gasteiger partial charge in [0, 0.05) is 50.6 Å². The molecule has 0 saturated heterocycles. The number of pyridine rings is 1. The first-order valence-electron chi connectivity index (χ1n) is 8.85. The first-order chi connectivity index (χ1) is 13.6. The summed E-state index contributed by atoms with van der Waals surface area (Å²) in [5, 5.41) is 2.96. The van der Waals surface area contributed by atoms with Crippen LogP contribution in [0.1, 0.15) is 12.0 Å². The zero-order valence-electron chi connectivity index (χ0n) is 16.7. The lowest BCUT2D eigenvalue weighted by Crippen LogP contribution is -2.15. The molecule has 0 aliphatic carbocycles. The Balaban J connectivity index is 2.38. The largest absolute Gasteiger partial charge is 0.377 e. The van der Waals surface area contributed by atoms with Crippen molar-refractivity contribution in [1.29, 1.82) is 0 Å². The maximum absolute atomic E-state index is 11.3. The molecule has 7 heteroatoms. The number of nitrogens with zero attached hydrogens (tertiary/aromatic N) is 4. The van der Waals surface area contributed by atoms with Crippen molar-refractivity contribution in [3.63, 3.8) is 0 Å². The quantitative estimate of drug-likeness (QED) is 0.216. The first kappa shape index (κ1) is 22.0. The molecule has 2 heterocycles. The Morgan fingerprint density at radius 1 is 1.32 bits per heavy atom. The summed E-state index contributed by atoms with van der Waals surface area (Å²) in [7, 11) is 5.89. The van der Waals surface area contributed by atoms with Crippen LogP contribution in [0.4, 0.5) is 5.69 Å². The highest BCUT2D eigenvalue weighted by Crippen LogP contribution is 2.33. The molecule has 0 aromatic carbocycles. The number of carbonyl (C=O) groups is 1. The lowest BCUT2D eigenvalue weighted by Gasteiger charge is -2.20. The smallest absolute Gasteiger partial charge is 0.145 e. The van der Waals surface area contributed by atoms with Gasteiger partial charge in [0.25, 0.3) is 0 Å². The van der Waals surface area contributed by atoms with E-state index in [1.54, 1.807) is 24.3 Å². The Morgan fingerprint density at radius 3 is 2.86 bits per heavy atom. The van der Waals surface area contributed by atoms with E-state index in [1.807, 2.05) is 43.3 Å². The molecular formula is C21H26N4OS2. The van der Waals surface area contributed by atoms with Crippen molar-refractivity contribution in [2.75, 3.05) is 38.1 Å². The molecule has 0 atom stereocenters. The fraction of sp³-hybridized carbons (Fsp3) is 0.286. The van der Waals surface area contributed by atoms with Crippen LogP contribution in [0.2, 0.25) is 0 Å². The van der Waals surface area contributed by atoms with E-state index in [2.05, 4.69) is 39.7 Å². The van der Waals surface area contributed by atoms with Crippen molar-refractivity contribution in [2.24, 2.45) is 4.99 Å². The number of aldehydes is 1. The molecule has 1 aliphatic rings. The lowest BCUT2D eigenvalue weighted by molar-refractivity contribution is -0.104. The summed E-state index contributed by atoms with van der Waals surface area (Å²) in [6.07, 6.45) is 17.1. The van der Waals surface area contributed by atoms with Crippen molar-refractivity contribution in [1.82, 2.24) is 9.88 Å². The summed E-state index contributed by atoms with van der Waals surface area (Å²) in [4.78, 5) is 24.4. The molecule has 0 N–H and O–H groups in total. The van der Waals surface area contributed by atoms with Crippen molar-refractivity contribution in [2.45, 2.75) is 11.4 Å². The third kappa shape index (κ3) is 6.14. The normalized spacial score (nSPS) is 19.1. The average molecular weight is 415 g/mol. The number of thioether (sulfide) groups is 2. The molecule has 1 aliphatic heterocycles. The standard InChI is InChI=1S/C21H26N4OS2/c1-24(2)19-10-12-22-21(27-4)20(19)18(11-13-26)23-16-25(3)17-8-5-6-14-28-15-7-9-17/h6-14,16H,5,15H2,1-4H3/b9-7-,14-6-,17-8+,18-11-,23-16?. The van der Waals surface area contributed by atoms with Crippen LogP contribution in [-0.2, 0) is 4.79 Å². The summed E-state index contributed by atoms with van der Waals surface area (Å²) in [5.74, 6) is 0.939. The zero-order valence-corrected chi connectivity index (χ0v) is 18.3. The minimum atomic E-state index is 0.589. The molecule has 1 aromatic rings. The van der Waals surface area contributed by atoms with Crippen LogP contribution in [0, 0.1) is 0 Å². The van der Waals surface area contributed by atoms with Gasteiger partial charge in [0.05, 0.1) is 17.6 Å². The maximum atomic E-state index is 11.3. The molecule has 2 rings (SSSR count). The Morgan fingerprint density at radius 2 is 2.14 bits per heavy atom. The number of hydrogen-bond acceptors (Lipinski definition) is 6. The van der Waals surface area contributed by atoms with Crippen LogP contribution in [0.3, 0.4) is 0 Å². The summed E-state index contributed by atoms with van der Waals surface area (Å²) < 4.78 is 0. The lowest BCUT2D eigenvalue weighted by atomic mass is 10.1. The van der Waals surface area contributed by atoms with Gasteiger partial charge in [-0.25, -0.2) is 9.98 Å². The van der Waals surface area contributed by atoms with Crippen LogP contribution in [-0.4, -0.2) is 55.7 Å². The molecule has 0 spiro atoms. The average Bonchev–Trinajstić information content (AvgIpc) is 2.84. The maximum Gasteiger partial charge on any atom is 0.145 e. The molecule has 148 valence electrons. The van der Waals surface area contributed by atoms with E-state index in [0.29, 0.717) is 5.70 Å². The fourth-order valence-corrected chi connectivity index (χ4v) is 3.74. The van der Waals surface area contributed by atoms with E-state index in [4.69, 9.17) is 0 Å². The van der Waals surface area contributed by atoms with Crippen LogP contribution in [0.5, 0.6) is 0 Å². The van der Waals surface area contributed by atoms with E-state index in [0.717, 1.165) is 40.4 Å². The van der Waals surface area contributed by atoms with Crippen LogP contribution < -0.4 is 4.90 Å². The highest BCUT2D eigenvalue weighted by Gasteiger charge is 2.15. The molecular weight excluding hydrogens is 388 g/mol. The Bertz CT molecular complexity index is 826. The number of carbonyl (C=O) groups excluding carboxylic acids is 1. The number of likely N-dealkylation sites (N-methyl/N-ethyl adjacent to an activating group) is 1. The van der Waals surface area contributed by atoms with Gasteiger partial charge in [0.2, 0.25) is 0 Å². The van der Waals surface area contributed by atoms with E-state index in [1.165, 1.54) is 17.8 Å². The van der Waals surface area contributed by atoms with Crippen molar-refractivity contribution >= 4 is 47.5 Å². The number of allylic oxidation sites excluding steroid dienone is 4. The van der Waals surface area contributed by atoms with Gasteiger partial charge in [0.1, 0.15) is 11.3 Å². The number of hydrogen-bond donors (Lipinski definition) is 0. The minimum absolute atomic E-state index is 0.589. The number of aromatic nitrogens is 1. The van der Waals surface area contributed by atoms with Gasteiger partial charge in [-0.2, -0.15) is 0 Å². The zero-order chi connectivity index (χ0) is 20.4. The van der Waals surface area contributed by atoms with Crippen LogP contribution in [0.15, 0.2) is 63.8 Å². The van der Waals surface area contributed by atoms with Gasteiger partial charge in [0.15, 0.2) is 0 Å². The van der Waals surface area contributed by atoms with Crippen molar-refractivity contribution < 1.29 is 4.79 Å². The van der Waals surface area contributed by atoms with E-state index in [-0.39, 0.29) is 0 Å². The van der Waals surface area contributed by atoms with Gasteiger partial charge in [-0.15, -0.1) is 23.5 Å². The van der Waals surface area contributed by atoms with E-state index >= 15 is 0 Å². The Labute approximate surface area is 176 Å². The molecule has 0 bridgehead atoms. The van der Waals surface area contributed by atoms with Gasteiger partial charge >= 0.3 is 0 Å². The predicted octanol–water partition coefficient (Wildman–Crippen LogP) is 4.46. The van der Waals surface area contributed by atoms with Crippen LogP contribution in [0.25, 0.3) is 5.70 Å². The third-order valence-corrected chi connectivity index (χ3v) is 5.43. The van der Waals surface area contributed by atoms with E-state index in [9.17, 15) is 4.79 Å². The third-order valence-electron chi connectivity index (χ3n) is 3.97. The van der Waals surface area contributed by atoms with Crippen LogP contribution >= 0.6 is 23.5 Å². The summed E-state index contributed by atoms with van der Waals surface area (Å²) in [6, 6.07) is 1.93. The fourth-order valence-electron chi connectivity index (χ4n) is 2.59. The summed E-state index contributed by atoms with van der Waals surface area (Å²) in [6.45, 7) is 0. The molecule has 0 saturated carbocycles. The minimum Gasteiger partial charge on any atom is -0.377 e. The second-order valence-electron chi connectivity index (χ2n) is 6.12. The molecule has 0 radical (unpaired) electrons. The van der Waals surface area contributed by atoms with Gasteiger partial charge < -0.3 is 9.80 Å². The van der Waals surface area contributed by atoms with Gasteiger partial charge in [-0.1, -0.05) is 18.2 Å². The molecule has 28 heavy (non-hydrogen) atoms. The second-order valence-corrected chi connectivity index (χ2v) is 7.86. The topological polar surface area (TPSA) is 48.8 Å². The molecule has 0 fully saturated rings. The Hall–Kier alpha value is -2.25. The predicted molar refractivity (Wildman–Crippen MR) is 124 cm³/mol. The van der Waals surface area contributed by atoms with E-state index < -0.39 is 0 Å². The highest BCUT2D eigenvalue weighted by atomic mass is 32.2. The second kappa shape index (κ2) is 11.6. The number of anilines is 1. The molecule has 5 nitrogen and oxygen atoms in total. The van der Waals surface area contributed by atoms with Crippen molar-refractivity contribution in [3.05, 3.63) is 59.3 Å². The SMILES string of the molecule is CSc1nccc(N(C)C)c1/C(=C/C=O)N=CN(C)C1=C/C/C=C\SC/C=C\1. The monoisotopic (exact) mass is 414 g/mol. The molecule has 0 amide bonds.